The second kappa shape index (κ2) is 4.64. The number of aromatic carboxylic acids is 1. The topological polar surface area (TPSA) is 63.3 Å². The van der Waals surface area contributed by atoms with Gasteiger partial charge in [0.2, 0.25) is 0 Å². The average Bonchev–Trinajstić information content (AvgIpc) is 2.17. The van der Waals surface area contributed by atoms with Crippen molar-refractivity contribution in [1.29, 1.82) is 0 Å². The van der Waals surface area contributed by atoms with Gasteiger partial charge < -0.3 is 10.8 Å². The third-order valence-corrected chi connectivity index (χ3v) is 2.21. The Kier molecular flexibility index (Phi) is 3.50. The summed E-state index contributed by atoms with van der Waals surface area (Å²) in [5.74, 6) is -0.942. The number of benzene rings is 1. The molecule has 3 heteroatoms. The highest BCUT2D eigenvalue weighted by molar-refractivity contribution is 5.94. The number of rotatable bonds is 4. The van der Waals surface area contributed by atoms with Crippen LogP contribution >= 0.6 is 0 Å². The number of allylic oxidation sites excluding steroid dienone is 1. The van der Waals surface area contributed by atoms with Gasteiger partial charge >= 0.3 is 5.97 Å². The quantitative estimate of drug-likeness (QED) is 0.743. The molecule has 0 spiro atoms. The SMILES string of the molecule is C=C(CCC)c1cc(N)ccc1C(=O)O. The summed E-state index contributed by atoms with van der Waals surface area (Å²) in [5, 5.41) is 8.99. The minimum absolute atomic E-state index is 0.266. The molecule has 0 heterocycles. The molecule has 1 rings (SSSR count). The Bertz CT molecular complexity index is 397. The molecule has 0 aliphatic carbocycles. The van der Waals surface area contributed by atoms with Crippen molar-refractivity contribution in [3.63, 3.8) is 0 Å². The number of hydrogen-bond donors (Lipinski definition) is 2. The molecule has 0 saturated heterocycles. The summed E-state index contributed by atoms with van der Waals surface area (Å²) in [7, 11) is 0. The Morgan fingerprint density at radius 3 is 2.67 bits per heavy atom. The van der Waals surface area contributed by atoms with E-state index in [1.165, 1.54) is 6.07 Å². The Labute approximate surface area is 89.2 Å². The van der Waals surface area contributed by atoms with Crippen molar-refractivity contribution >= 4 is 17.2 Å². The molecule has 0 unspecified atom stereocenters. The maximum absolute atomic E-state index is 11.0. The number of nitrogen functional groups attached to an aromatic ring is 1. The van der Waals surface area contributed by atoms with Gasteiger partial charge in [0.1, 0.15) is 0 Å². The van der Waals surface area contributed by atoms with Gasteiger partial charge in [0, 0.05) is 5.69 Å². The molecule has 0 aliphatic heterocycles. The van der Waals surface area contributed by atoms with E-state index in [0.717, 1.165) is 18.4 Å². The van der Waals surface area contributed by atoms with Crippen molar-refractivity contribution in [1.82, 2.24) is 0 Å². The van der Waals surface area contributed by atoms with Crippen molar-refractivity contribution in [2.45, 2.75) is 19.8 Å². The Balaban J connectivity index is 3.18. The molecule has 0 fully saturated rings. The third kappa shape index (κ3) is 2.59. The van der Waals surface area contributed by atoms with Gasteiger partial charge in [0.15, 0.2) is 0 Å². The zero-order chi connectivity index (χ0) is 11.4. The van der Waals surface area contributed by atoms with Crippen molar-refractivity contribution < 1.29 is 9.90 Å². The number of carboxylic acids is 1. The predicted octanol–water partition coefficient (Wildman–Crippen LogP) is 2.78. The van der Waals surface area contributed by atoms with Gasteiger partial charge in [-0.1, -0.05) is 19.9 Å². The fourth-order valence-corrected chi connectivity index (χ4v) is 1.48. The highest BCUT2D eigenvalue weighted by Crippen LogP contribution is 2.24. The van der Waals surface area contributed by atoms with Crippen LogP contribution in [-0.2, 0) is 0 Å². The van der Waals surface area contributed by atoms with E-state index < -0.39 is 5.97 Å². The van der Waals surface area contributed by atoms with Crippen LogP contribution in [0.15, 0.2) is 24.8 Å². The standard InChI is InChI=1S/C12H15NO2/c1-3-4-8(2)11-7-9(13)5-6-10(11)12(14)15/h5-7H,2-4,13H2,1H3,(H,14,15). The molecule has 3 nitrogen and oxygen atoms in total. The second-order valence-electron chi connectivity index (χ2n) is 3.46. The molecule has 1 aromatic carbocycles. The van der Waals surface area contributed by atoms with Gasteiger partial charge in [-0.15, -0.1) is 0 Å². The number of anilines is 1. The van der Waals surface area contributed by atoms with Crippen LogP contribution in [-0.4, -0.2) is 11.1 Å². The Morgan fingerprint density at radius 1 is 1.47 bits per heavy atom. The van der Waals surface area contributed by atoms with Gasteiger partial charge in [-0.2, -0.15) is 0 Å². The van der Waals surface area contributed by atoms with E-state index in [1.54, 1.807) is 12.1 Å². The second-order valence-corrected chi connectivity index (χ2v) is 3.46. The van der Waals surface area contributed by atoms with Gasteiger partial charge in [0.05, 0.1) is 5.56 Å². The lowest BCUT2D eigenvalue weighted by molar-refractivity contribution is 0.0696. The highest BCUT2D eigenvalue weighted by Gasteiger charge is 2.11. The first kappa shape index (κ1) is 11.3. The van der Waals surface area contributed by atoms with Crippen molar-refractivity contribution in [3.05, 3.63) is 35.9 Å². The van der Waals surface area contributed by atoms with Crippen LogP contribution < -0.4 is 5.73 Å². The largest absolute Gasteiger partial charge is 0.478 e. The number of nitrogens with two attached hydrogens (primary N) is 1. The van der Waals surface area contributed by atoms with Crippen molar-refractivity contribution in [2.75, 3.05) is 5.73 Å². The molecular weight excluding hydrogens is 190 g/mol. The molecule has 0 radical (unpaired) electrons. The molecule has 0 amide bonds. The molecule has 15 heavy (non-hydrogen) atoms. The number of hydrogen-bond acceptors (Lipinski definition) is 2. The van der Waals surface area contributed by atoms with Crippen LogP contribution in [0.3, 0.4) is 0 Å². The summed E-state index contributed by atoms with van der Waals surface area (Å²) < 4.78 is 0. The molecule has 0 aromatic heterocycles. The fourth-order valence-electron chi connectivity index (χ4n) is 1.48. The molecular formula is C12H15NO2. The lowest BCUT2D eigenvalue weighted by atomic mass is 9.97. The van der Waals surface area contributed by atoms with Crippen LogP contribution in [0, 0.1) is 0 Å². The maximum atomic E-state index is 11.0. The van der Waals surface area contributed by atoms with E-state index in [9.17, 15) is 4.79 Å². The van der Waals surface area contributed by atoms with Crippen molar-refractivity contribution in [2.24, 2.45) is 0 Å². The number of carbonyl (C=O) groups is 1. The van der Waals surface area contributed by atoms with E-state index in [4.69, 9.17) is 10.8 Å². The summed E-state index contributed by atoms with van der Waals surface area (Å²) in [5.41, 5.74) is 7.92. The van der Waals surface area contributed by atoms with Crippen LogP contribution in [0.4, 0.5) is 5.69 Å². The summed E-state index contributed by atoms with van der Waals surface area (Å²) >= 11 is 0. The molecule has 0 atom stereocenters. The molecule has 3 N–H and O–H groups in total. The first-order valence-electron chi connectivity index (χ1n) is 4.87. The Morgan fingerprint density at radius 2 is 2.13 bits per heavy atom. The zero-order valence-electron chi connectivity index (χ0n) is 8.79. The first-order chi connectivity index (χ1) is 7.06. The monoisotopic (exact) mass is 205 g/mol. The zero-order valence-corrected chi connectivity index (χ0v) is 8.79. The molecule has 80 valence electrons. The lowest BCUT2D eigenvalue weighted by Crippen LogP contribution is -2.02. The summed E-state index contributed by atoms with van der Waals surface area (Å²) in [6.45, 7) is 5.91. The summed E-state index contributed by atoms with van der Waals surface area (Å²) in [6.07, 6.45) is 1.72. The molecule has 1 aromatic rings. The summed E-state index contributed by atoms with van der Waals surface area (Å²) in [4.78, 5) is 11.0. The van der Waals surface area contributed by atoms with E-state index >= 15 is 0 Å². The predicted molar refractivity (Wildman–Crippen MR) is 61.8 cm³/mol. The van der Waals surface area contributed by atoms with E-state index in [1.807, 2.05) is 6.92 Å². The van der Waals surface area contributed by atoms with Crippen molar-refractivity contribution in [3.8, 4) is 0 Å². The molecule has 0 saturated carbocycles. The van der Waals surface area contributed by atoms with Crippen LogP contribution in [0.2, 0.25) is 0 Å². The third-order valence-electron chi connectivity index (χ3n) is 2.21. The van der Waals surface area contributed by atoms with E-state index in [2.05, 4.69) is 6.58 Å². The first-order valence-corrected chi connectivity index (χ1v) is 4.87. The summed E-state index contributed by atoms with van der Waals surface area (Å²) in [6, 6.07) is 4.78. The fraction of sp³-hybridized carbons (Fsp3) is 0.250. The van der Waals surface area contributed by atoms with Crippen LogP contribution in [0.25, 0.3) is 5.57 Å². The smallest absolute Gasteiger partial charge is 0.336 e. The minimum atomic E-state index is -0.942. The van der Waals surface area contributed by atoms with Gasteiger partial charge in [-0.05, 0) is 35.8 Å². The maximum Gasteiger partial charge on any atom is 0.336 e. The Hall–Kier alpha value is -1.77. The lowest BCUT2D eigenvalue weighted by Gasteiger charge is -2.09. The normalized spacial score (nSPS) is 9.93. The van der Waals surface area contributed by atoms with Crippen LogP contribution in [0.1, 0.15) is 35.7 Å². The van der Waals surface area contributed by atoms with Crippen LogP contribution in [0.5, 0.6) is 0 Å². The van der Waals surface area contributed by atoms with Gasteiger partial charge in [-0.3, -0.25) is 0 Å². The number of carboxylic acid groups (broad SMARTS) is 1. The van der Waals surface area contributed by atoms with Gasteiger partial charge in [-0.25, -0.2) is 4.79 Å². The van der Waals surface area contributed by atoms with E-state index in [0.29, 0.717) is 11.3 Å². The molecule has 0 aliphatic rings. The highest BCUT2D eigenvalue weighted by atomic mass is 16.4. The van der Waals surface area contributed by atoms with Gasteiger partial charge in [0.25, 0.3) is 0 Å². The average molecular weight is 205 g/mol. The minimum Gasteiger partial charge on any atom is -0.478 e. The van der Waals surface area contributed by atoms with E-state index in [-0.39, 0.29) is 5.56 Å². The molecule has 0 bridgehead atoms.